The molecule has 0 aromatic heterocycles. The van der Waals surface area contributed by atoms with Gasteiger partial charge in [-0.2, -0.15) is 0 Å². The van der Waals surface area contributed by atoms with E-state index in [4.69, 9.17) is 0 Å². The Morgan fingerprint density at radius 1 is 1.10 bits per heavy atom. The van der Waals surface area contributed by atoms with E-state index >= 15 is 0 Å². The Kier molecular flexibility index (Phi) is 8.36. The molecule has 0 amide bonds. The van der Waals surface area contributed by atoms with Crippen LogP contribution in [0.4, 0.5) is 10.1 Å². The lowest BCUT2D eigenvalue weighted by atomic mass is 10.1. The van der Waals surface area contributed by atoms with Crippen LogP contribution in [0.1, 0.15) is 58.9 Å². The summed E-state index contributed by atoms with van der Waals surface area (Å²) in [6.45, 7) is 11.2. The van der Waals surface area contributed by atoms with Gasteiger partial charge in [0.2, 0.25) is 0 Å². The number of rotatable bonds is 10. The molecule has 0 aliphatic carbocycles. The molecular formula is C18H31FN2. The molecule has 0 aliphatic heterocycles. The van der Waals surface area contributed by atoms with Gasteiger partial charge in [-0.05, 0) is 30.5 Å². The van der Waals surface area contributed by atoms with E-state index < -0.39 is 0 Å². The molecule has 0 unspecified atom stereocenters. The quantitative estimate of drug-likeness (QED) is 0.671. The number of halogens is 1. The van der Waals surface area contributed by atoms with E-state index in [0.29, 0.717) is 6.04 Å². The molecule has 1 N–H and O–H groups in total. The predicted octanol–water partition coefficient (Wildman–Crippen LogP) is 4.73. The van der Waals surface area contributed by atoms with Crippen molar-refractivity contribution in [3.63, 3.8) is 0 Å². The molecule has 1 aromatic rings. The van der Waals surface area contributed by atoms with E-state index in [9.17, 15) is 4.39 Å². The number of unbranched alkanes of at least 4 members (excludes halogenated alkanes) is 2. The van der Waals surface area contributed by atoms with E-state index in [1.165, 1.54) is 0 Å². The average Bonchev–Trinajstić information content (AvgIpc) is 2.46. The maximum atomic E-state index is 14.4. The zero-order valence-corrected chi connectivity index (χ0v) is 14.1. The lowest BCUT2D eigenvalue weighted by Gasteiger charge is -2.25. The van der Waals surface area contributed by atoms with Gasteiger partial charge in [0, 0.05) is 25.7 Å². The number of benzene rings is 1. The second-order valence-electron chi connectivity index (χ2n) is 6.02. The van der Waals surface area contributed by atoms with Crippen LogP contribution in [-0.4, -0.2) is 19.1 Å². The van der Waals surface area contributed by atoms with Crippen LogP contribution in [0.25, 0.3) is 0 Å². The van der Waals surface area contributed by atoms with Crippen molar-refractivity contribution in [2.75, 3.05) is 18.0 Å². The Morgan fingerprint density at radius 2 is 1.71 bits per heavy atom. The van der Waals surface area contributed by atoms with Crippen molar-refractivity contribution >= 4 is 5.69 Å². The van der Waals surface area contributed by atoms with Gasteiger partial charge in [0.15, 0.2) is 0 Å². The molecule has 0 saturated heterocycles. The summed E-state index contributed by atoms with van der Waals surface area (Å²) in [6.07, 6.45) is 4.50. The van der Waals surface area contributed by atoms with Gasteiger partial charge in [0.1, 0.15) is 5.82 Å². The highest BCUT2D eigenvalue weighted by Crippen LogP contribution is 2.22. The summed E-state index contributed by atoms with van der Waals surface area (Å²) < 4.78 is 14.4. The third-order valence-corrected chi connectivity index (χ3v) is 3.63. The minimum Gasteiger partial charge on any atom is -0.369 e. The van der Waals surface area contributed by atoms with Gasteiger partial charge in [0.25, 0.3) is 0 Å². The van der Waals surface area contributed by atoms with Crippen LogP contribution >= 0.6 is 0 Å². The Bertz CT molecular complexity index is 396. The van der Waals surface area contributed by atoms with Gasteiger partial charge in [-0.25, -0.2) is 4.39 Å². The fourth-order valence-corrected chi connectivity index (χ4v) is 2.29. The number of nitrogens with one attached hydrogen (secondary N) is 1. The lowest BCUT2D eigenvalue weighted by molar-refractivity contribution is 0.578. The first kappa shape index (κ1) is 18.0. The second-order valence-corrected chi connectivity index (χ2v) is 6.02. The topological polar surface area (TPSA) is 15.3 Å². The monoisotopic (exact) mass is 294 g/mol. The first-order valence-corrected chi connectivity index (χ1v) is 8.35. The summed E-state index contributed by atoms with van der Waals surface area (Å²) in [4.78, 5) is 2.20. The van der Waals surface area contributed by atoms with Crippen LogP contribution in [-0.2, 0) is 6.54 Å². The molecular weight excluding hydrogens is 263 g/mol. The van der Waals surface area contributed by atoms with Crippen LogP contribution in [0.2, 0.25) is 0 Å². The highest BCUT2D eigenvalue weighted by atomic mass is 19.1. The molecule has 1 aromatic carbocycles. The molecule has 3 heteroatoms. The Labute approximate surface area is 129 Å². The molecule has 0 spiro atoms. The molecule has 0 bridgehead atoms. The smallest absolute Gasteiger partial charge is 0.146 e. The molecule has 0 radical (unpaired) electrons. The molecule has 1 rings (SSSR count). The number of nitrogens with zero attached hydrogens (tertiary/aromatic N) is 1. The van der Waals surface area contributed by atoms with Crippen molar-refractivity contribution < 1.29 is 4.39 Å². The van der Waals surface area contributed by atoms with Crippen molar-refractivity contribution in [1.29, 1.82) is 0 Å². The Morgan fingerprint density at radius 3 is 2.19 bits per heavy atom. The summed E-state index contributed by atoms with van der Waals surface area (Å²) in [5.74, 6) is -0.0923. The number of hydrogen-bond donors (Lipinski definition) is 1. The van der Waals surface area contributed by atoms with Crippen molar-refractivity contribution in [2.45, 2.75) is 66.0 Å². The molecule has 0 heterocycles. The van der Waals surface area contributed by atoms with E-state index in [-0.39, 0.29) is 5.82 Å². The van der Waals surface area contributed by atoms with E-state index in [1.807, 2.05) is 12.1 Å². The normalized spacial score (nSPS) is 11.1. The largest absolute Gasteiger partial charge is 0.369 e. The minimum atomic E-state index is -0.0923. The fraction of sp³-hybridized carbons (Fsp3) is 0.667. The van der Waals surface area contributed by atoms with Gasteiger partial charge >= 0.3 is 0 Å². The Balaban J connectivity index is 2.77. The molecule has 0 atom stereocenters. The standard InChI is InChI=1S/C18H31FN2/c1-5-7-11-21(12-8-6-2)18-10-9-16(13-17(18)19)14-20-15(3)4/h9-10,13,15,20H,5-8,11-12,14H2,1-4H3. The van der Waals surface area contributed by atoms with E-state index in [1.54, 1.807) is 6.07 Å². The SMILES string of the molecule is CCCCN(CCCC)c1ccc(CNC(C)C)cc1F. The van der Waals surface area contributed by atoms with Crippen molar-refractivity contribution in [3.05, 3.63) is 29.6 Å². The van der Waals surface area contributed by atoms with E-state index in [2.05, 4.69) is 37.9 Å². The summed E-state index contributed by atoms with van der Waals surface area (Å²) in [7, 11) is 0. The van der Waals surface area contributed by atoms with Crippen molar-refractivity contribution in [1.82, 2.24) is 5.32 Å². The third kappa shape index (κ3) is 6.47. The van der Waals surface area contributed by atoms with Gasteiger partial charge in [0.05, 0.1) is 5.69 Å². The maximum absolute atomic E-state index is 14.4. The predicted molar refractivity (Wildman–Crippen MR) is 90.4 cm³/mol. The van der Waals surface area contributed by atoms with Crippen LogP contribution in [0, 0.1) is 5.82 Å². The summed E-state index contributed by atoms with van der Waals surface area (Å²) in [6, 6.07) is 6.07. The van der Waals surface area contributed by atoms with Crippen LogP contribution in [0.3, 0.4) is 0 Å². The molecule has 120 valence electrons. The van der Waals surface area contributed by atoms with Gasteiger partial charge in [-0.1, -0.05) is 46.6 Å². The fourth-order valence-electron chi connectivity index (χ4n) is 2.29. The average molecular weight is 294 g/mol. The highest BCUT2D eigenvalue weighted by molar-refractivity contribution is 5.49. The van der Waals surface area contributed by atoms with Gasteiger partial charge in [-0.15, -0.1) is 0 Å². The Hall–Kier alpha value is -1.09. The number of anilines is 1. The molecule has 0 fully saturated rings. The van der Waals surface area contributed by atoms with Crippen molar-refractivity contribution in [3.8, 4) is 0 Å². The van der Waals surface area contributed by atoms with Gasteiger partial charge < -0.3 is 10.2 Å². The van der Waals surface area contributed by atoms with Crippen LogP contribution < -0.4 is 10.2 Å². The minimum absolute atomic E-state index is 0.0923. The van der Waals surface area contributed by atoms with Crippen LogP contribution in [0.15, 0.2) is 18.2 Å². The molecule has 0 saturated carbocycles. The third-order valence-electron chi connectivity index (χ3n) is 3.63. The molecule has 2 nitrogen and oxygen atoms in total. The zero-order valence-electron chi connectivity index (χ0n) is 14.1. The molecule has 0 aliphatic rings. The zero-order chi connectivity index (χ0) is 15.7. The summed E-state index contributed by atoms with van der Waals surface area (Å²) in [5, 5.41) is 3.33. The number of hydrogen-bond acceptors (Lipinski definition) is 2. The highest BCUT2D eigenvalue weighted by Gasteiger charge is 2.11. The van der Waals surface area contributed by atoms with Crippen molar-refractivity contribution in [2.24, 2.45) is 0 Å². The first-order valence-electron chi connectivity index (χ1n) is 8.35. The molecule has 21 heavy (non-hydrogen) atoms. The van der Waals surface area contributed by atoms with E-state index in [0.717, 1.165) is 56.6 Å². The summed E-state index contributed by atoms with van der Waals surface area (Å²) in [5.41, 5.74) is 1.76. The second kappa shape index (κ2) is 9.78. The first-order chi connectivity index (χ1) is 10.1. The maximum Gasteiger partial charge on any atom is 0.146 e. The van der Waals surface area contributed by atoms with Gasteiger partial charge in [-0.3, -0.25) is 0 Å². The lowest BCUT2D eigenvalue weighted by Crippen LogP contribution is -2.27. The van der Waals surface area contributed by atoms with Crippen LogP contribution in [0.5, 0.6) is 0 Å². The summed E-state index contributed by atoms with van der Waals surface area (Å²) >= 11 is 0.